The van der Waals surface area contributed by atoms with Crippen LogP contribution in [-0.2, 0) is 9.47 Å². The third kappa shape index (κ3) is 5.49. The Bertz CT molecular complexity index is 373. The second-order valence-electron chi connectivity index (χ2n) is 4.65. The minimum atomic E-state index is -0.154. The molecule has 0 aromatic heterocycles. The highest BCUT2D eigenvalue weighted by Crippen LogP contribution is 2.26. The summed E-state index contributed by atoms with van der Waals surface area (Å²) in [4.78, 5) is 0. The highest BCUT2D eigenvalue weighted by atomic mass is 35.5. The second-order valence-corrected chi connectivity index (χ2v) is 5.09. The van der Waals surface area contributed by atoms with E-state index in [0.717, 1.165) is 12.0 Å². The first-order valence-corrected chi connectivity index (χ1v) is 7.20. The van der Waals surface area contributed by atoms with Gasteiger partial charge in [-0.15, -0.1) is 0 Å². The average Bonchev–Trinajstić information content (AvgIpc) is 2.41. The maximum atomic E-state index is 6.17. The smallest absolute Gasteiger partial charge is 0.0980 e. The van der Waals surface area contributed by atoms with Crippen molar-refractivity contribution in [3.63, 3.8) is 0 Å². The molecule has 3 nitrogen and oxygen atoms in total. The molecule has 0 saturated heterocycles. The summed E-state index contributed by atoms with van der Waals surface area (Å²) in [6.45, 7) is 7.28. The van der Waals surface area contributed by atoms with E-state index in [-0.39, 0.29) is 18.2 Å². The molecule has 0 heterocycles. The summed E-state index contributed by atoms with van der Waals surface area (Å²) in [5, 5.41) is 0.701. The van der Waals surface area contributed by atoms with Gasteiger partial charge < -0.3 is 15.2 Å². The fourth-order valence-corrected chi connectivity index (χ4v) is 2.10. The van der Waals surface area contributed by atoms with Gasteiger partial charge in [0.1, 0.15) is 0 Å². The number of hydrogen-bond acceptors (Lipinski definition) is 3. The molecule has 0 amide bonds. The van der Waals surface area contributed by atoms with Crippen molar-refractivity contribution in [1.82, 2.24) is 0 Å². The van der Waals surface area contributed by atoms with Crippen LogP contribution in [0.2, 0.25) is 5.02 Å². The van der Waals surface area contributed by atoms with Crippen LogP contribution in [0, 0.1) is 0 Å². The zero-order valence-corrected chi connectivity index (χ0v) is 12.7. The summed E-state index contributed by atoms with van der Waals surface area (Å²) in [6, 6.07) is 7.63. The van der Waals surface area contributed by atoms with E-state index < -0.39 is 0 Å². The molecule has 0 saturated carbocycles. The topological polar surface area (TPSA) is 44.5 Å². The lowest BCUT2D eigenvalue weighted by Gasteiger charge is -2.27. The molecule has 1 aromatic carbocycles. The molecular formula is C15H24ClNO2. The van der Waals surface area contributed by atoms with E-state index in [2.05, 4.69) is 6.92 Å². The van der Waals surface area contributed by atoms with E-state index in [4.69, 9.17) is 26.8 Å². The van der Waals surface area contributed by atoms with E-state index in [1.165, 1.54) is 0 Å². The first-order valence-electron chi connectivity index (χ1n) is 6.82. The lowest BCUT2D eigenvalue weighted by atomic mass is 10.0. The monoisotopic (exact) mass is 285 g/mol. The fourth-order valence-electron chi connectivity index (χ4n) is 1.90. The Labute approximate surface area is 121 Å². The van der Waals surface area contributed by atoms with Crippen molar-refractivity contribution in [2.75, 3.05) is 13.2 Å². The summed E-state index contributed by atoms with van der Waals surface area (Å²) >= 11 is 6.04. The lowest BCUT2D eigenvalue weighted by molar-refractivity contribution is -0.0574. The molecule has 0 bridgehead atoms. The molecule has 1 aromatic rings. The number of benzene rings is 1. The van der Waals surface area contributed by atoms with Gasteiger partial charge in [0.15, 0.2) is 0 Å². The summed E-state index contributed by atoms with van der Waals surface area (Å²) in [6.07, 6.45) is 0.694. The van der Waals surface area contributed by atoms with Crippen LogP contribution in [0.25, 0.3) is 0 Å². The molecule has 19 heavy (non-hydrogen) atoms. The second kappa shape index (κ2) is 8.54. The van der Waals surface area contributed by atoms with Gasteiger partial charge in [0, 0.05) is 17.7 Å². The molecule has 108 valence electrons. The van der Waals surface area contributed by atoms with Crippen molar-refractivity contribution in [2.45, 2.75) is 45.4 Å². The van der Waals surface area contributed by atoms with Crippen LogP contribution in [0.4, 0.5) is 0 Å². The molecule has 0 radical (unpaired) electrons. The highest BCUT2D eigenvalue weighted by Gasteiger charge is 2.22. The molecule has 0 aliphatic carbocycles. The summed E-state index contributed by atoms with van der Waals surface area (Å²) in [5.74, 6) is 0. The van der Waals surface area contributed by atoms with E-state index in [1.54, 1.807) is 0 Å². The predicted octanol–water partition coefficient (Wildman–Crippen LogP) is 3.56. The van der Waals surface area contributed by atoms with Gasteiger partial charge in [-0.2, -0.15) is 0 Å². The Balaban J connectivity index is 2.77. The normalized spacial score (nSPS) is 16.1. The summed E-state index contributed by atoms with van der Waals surface area (Å²) in [7, 11) is 0. The first-order chi connectivity index (χ1) is 9.08. The highest BCUT2D eigenvalue weighted by molar-refractivity contribution is 6.30. The number of nitrogens with two attached hydrogens (primary N) is 1. The molecule has 0 fully saturated rings. The molecule has 3 atom stereocenters. The largest absolute Gasteiger partial charge is 0.379 e. The standard InChI is InChI=1S/C15H24ClNO2/c1-4-14(17)15(19-11(3)10-18-5-2)12-7-6-8-13(16)9-12/h6-9,11,14-15H,4-5,10,17H2,1-3H3. The van der Waals surface area contributed by atoms with Gasteiger partial charge in [0.2, 0.25) is 0 Å². The maximum absolute atomic E-state index is 6.17. The molecule has 2 N–H and O–H groups in total. The SMILES string of the molecule is CCOCC(C)OC(c1cccc(Cl)c1)C(N)CC. The van der Waals surface area contributed by atoms with Crippen molar-refractivity contribution in [2.24, 2.45) is 5.73 Å². The van der Waals surface area contributed by atoms with E-state index >= 15 is 0 Å². The Morgan fingerprint density at radius 3 is 2.63 bits per heavy atom. The number of ether oxygens (including phenoxy) is 2. The Morgan fingerprint density at radius 1 is 1.32 bits per heavy atom. The number of hydrogen-bond donors (Lipinski definition) is 1. The van der Waals surface area contributed by atoms with Gasteiger partial charge in [-0.25, -0.2) is 0 Å². The third-order valence-electron chi connectivity index (χ3n) is 2.97. The van der Waals surface area contributed by atoms with Crippen LogP contribution in [0.5, 0.6) is 0 Å². The molecule has 1 rings (SSSR count). The number of rotatable bonds is 8. The lowest BCUT2D eigenvalue weighted by Crippen LogP contribution is -2.33. The summed E-state index contributed by atoms with van der Waals surface area (Å²) in [5.41, 5.74) is 7.19. The van der Waals surface area contributed by atoms with Crippen LogP contribution in [-0.4, -0.2) is 25.4 Å². The molecule has 0 aliphatic heterocycles. The van der Waals surface area contributed by atoms with Crippen LogP contribution < -0.4 is 5.73 Å². The van der Waals surface area contributed by atoms with Gasteiger partial charge in [0.05, 0.1) is 18.8 Å². The average molecular weight is 286 g/mol. The quantitative estimate of drug-likeness (QED) is 0.794. The van der Waals surface area contributed by atoms with Crippen molar-refractivity contribution < 1.29 is 9.47 Å². The van der Waals surface area contributed by atoms with E-state index in [1.807, 2.05) is 38.1 Å². The van der Waals surface area contributed by atoms with Crippen molar-refractivity contribution in [3.8, 4) is 0 Å². The number of halogens is 1. The van der Waals surface area contributed by atoms with Crippen LogP contribution >= 0.6 is 11.6 Å². The molecule has 4 heteroatoms. The van der Waals surface area contributed by atoms with Crippen LogP contribution in [0.1, 0.15) is 38.9 Å². The Hall–Kier alpha value is -0.610. The molecule has 3 unspecified atom stereocenters. The van der Waals surface area contributed by atoms with Gasteiger partial charge in [-0.3, -0.25) is 0 Å². The van der Waals surface area contributed by atoms with Crippen molar-refractivity contribution in [1.29, 1.82) is 0 Å². The molecule has 0 spiro atoms. The fraction of sp³-hybridized carbons (Fsp3) is 0.600. The minimum absolute atomic E-state index is 0.00142. The van der Waals surface area contributed by atoms with Gasteiger partial charge in [-0.05, 0) is 38.0 Å². The van der Waals surface area contributed by atoms with Gasteiger partial charge >= 0.3 is 0 Å². The first kappa shape index (κ1) is 16.4. The Kier molecular flexibility index (Phi) is 7.39. The van der Waals surface area contributed by atoms with Gasteiger partial charge in [-0.1, -0.05) is 30.7 Å². The zero-order valence-electron chi connectivity index (χ0n) is 11.9. The molecular weight excluding hydrogens is 262 g/mol. The summed E-state index contributed by atoms with van der Waals surface area (Å²) < 4.78 is 11.4. The van der Waals surface area contributed by atoms with Crippen molar-refractivity contribution in [3.05, 3.63) is 34.9 Å². The predicted molar refractivity (Wildman–Crippen MR) is 79.5 cm³/mol. The minimum Gasteiger partial charge on any atom is -0.379 e. The van der Waals surface area contributed by atoms with Crippen molar-refractivity contribution >= 4 is 11.6 Å². The van der Waals surface area contributed by atoms with Crippen LogP contribution in [0.3, 0.4) is 0 Å². The molecule has 0 aliphatic rings. The van der Waals surface area contributed by atoms with Crippen LogP contribution in [0.15, 0.2) is 24.3 Å². The third-order valence-corrected chi connectivity index (χ3v) is 3.21. The Morgan fingerprint density at radius 2 is 2.05 bits per heavy atom. The van der Waals surface area contributed by atoms with Gasteiger partial charge in [0.25, 0.3) is 0 Å². The maximum Gasteiger partial charge on any atom is 0.0980 e. The van der Waals surface area contributed by atoms with E-state index in [0.29, 0.717) is 18.2 Å². The van der Waals surface area contributed by atoms with E-state index in [9.17, 15) is 0 Å². The zero-order chi connectivity index (χ0) is 14.3.